The van der Waals surface area contributed by atoms with E-state index in [0.717, 1.165) is 18.2 Å². The lowest BCUT2D eigenvalue weighted by Gasteiger charge is -2.09. The average Bonchev–Trinajstić information content (AvgIpc) is 2.60. The van der Waals surface area contributed by atoms with Crippen molar-refractivity contribution in [3.05, 3.63) is 34.5 Å². The van der Waals surface area contributed by atoms with Gasteiger partial charge in [-0.3, -0.25) is 14.9 Å². The molecule has 0 radical (unpaired) electrons. The SMILES string of the molecule is O=C1NC(=O)C(=Cc2ccc(OC(F)(F)F)c(F)c2)S1. The Bertz CT molecular complexity index is 612. The number of hydrogen-bond acceptors (Lipinski definition) is 4. The van der Waals surface area contributed by atoms with E-state index in [9.17, 15) is 27.2 Å². The molecule has 0 unspecified atom stereocenters. The van der Waals surface area contributed by atoms with Gasteiger partial charge in [0.15, 0.2) is 11.6 Å². The molecule has 1 saturated heterocycles. The van der Waals surface area contributed by atoms with Crippen molar-refractivity contribution in [2.45, 2.75) is 6.36 Å². The van der Waals surface area contributed by atoms with Crippen molar-refractivity contribution >= 4 is 29.0 Å². The van der Waals surface area contributed by atoms with Gasteiger partial charge in [0.1, 0.15) is 0 Å². The Hall–Kier alpha value is -2.03. The summed E-state index contributed by atoms with van der Waals surface area (Å²) in [5.74, 6) is -2.85. The third-order valence-corrected chi connectivity index (χ3v) is 2.93. The molecule has 2 rings (SSSR count). The van der Waals surface area contributed by atoms with Crippen LogP contribution in [0.25, 0.3) is 6.08 Å². The van der Waals surface area contributed by atoms with Gasteiger partial charge >= 0.3 is 6.36 Å². The first-order valence-electron chi connectivity index (χ1n) is 5.05. The molecule has 2 amide bonds. The van der Waals surface area contributed by atoms with Gasteiger partial charge in [0.2, 0.25) is 0 Å². The van der Waals surface area contributed by atoms with Crippen molar-refractivity contribution in [3.8, 4) is 5.75 Å². The number of alkyl halides is 3. The second-order valence-electron chi connectivity index (χ2n) is 3.59. The van der Waals surface area contributed by atoms with Gasteiger partial charge in [0.05, 0.1) is 4.91 Å². The summed E-state index contributed by atoms with van der Waals surface area (Å²) in [6.07, 6.45) is -3.81. The van der Waals surface area contributed by atoms with E-state index in [-0.39, 0.29) is 10.5 Å². The number of rotatable bonds is 2. The molecular formula is C11H5F4NO3S. The van der Waals surface area contributed by atoms with Crippen molar-refractivity contribution in [3.63, 3.8) is 0 Å². The summed E-state index contributed by atoms with van der Waals surface area (Å²) >= 11 is 0.616. The topological polar surface area (TPSA) is 55.4 Å². The molecule has 0 bridgehead atoms. The first-order chi connectivity index (χ1) is 9.24. The average molecular weight is 307 g/mol. The first kappa shape index (κ1) is 14.4. The van der Waals surface area contributed by atoms with Crippen LogP contribution in [0.2, 0.25) is 0 Å². The van der Waals surface area contributed by atoms with Gasteiger partial charge in [-0.2, -0.15) is 0 Å². The summed E-state index contributed by atoms with van der Waals surface area (Å²) in [6, 6.07) is 2.69. The quantitative estimate of drug-likeness (QED) is 0.674. The predicted molar refractivity (Wildman–Crippen MR) is 62.2 cm³/mol. The number of hydrogen-bond donors (Lipinski definition) is 1. The zero-order chi connectivity index (χ0) is 14.9. The molecule has 0 saturated carbocycles. The molecule has 9 heteroatoms. The molecule has 1 aromatic rings. The van der Waals surface area contributed by atoms with E-state index in [1.807, 2.05) is 5.32 Å². The van der Waals surface area contributed by atoms with Crippen molar-refractivity contribution in [2.75, 3.05) is 0 Å². The lowest BCUT2D eigenvalue weighted by Crippen LogP contribution is -2.18. The minimum Gasteiger partial charge on any atom is -0.403 e. The normalized spacial score (nSPS) is 17.5. The molecule has 1 aliphatic rings. The van der Waals surface area contributed by atoms with Crippen LogP contribution in [0.3, 0.4) is 0 Å². The van der Waals surface area contributed by atoms with Crippen LogP contribution in [-0.2, 0) is 4.79 Å². The maximum absolute atomic E-state index is 13.4. The van der Waals surface area contributed by atoms with E-state index >= 15 is 0 Å². The predicted octanol–water partition coefficient (Wildman–Crippen LogP) is 3.05. The maximum atomic E-state index is 13.4. The highest BCUT2D eigenvalue weighted by molar-refractivity contribution is 8.18. The minimum absolute atomic E-state index is 0.0267. The van der Waals surface area contributed by atoms with Crippen LogP contribution >= 0.6 is 11.8 Å². The molecule has 1 aromatic carbocycles. The Morgan fingerprint density at radius 2 is 1.95 bits per heavy atom. The summed E-state index contributed by atoms with van der Waals surface area (Å²) in [5.41, 5.74) is 0.129. The van der Waals surface area contributed by atoms with Crippen LogP contribution in [0.4, 0.5) is 22.4 Å². The fourth-order valence-electron chi connectivity index (χ4n) is 1.39. The number of ether oxygens (including phenoxy) is 1. The number of carbonyl (C=O) groups excluding carboxylic acids is 2. The Kier molecular flexibility index (Phi) is 3.71. The van der Waals surface area contributed by atoms with Gasteiger partial charge in [-0.15, -0.1) is 13.2 Å². The summed E-state index contributed by atoms with van der Waals surface area (Å²) in [5, 5.41) is 1.42. The van der Waals surface area contributed by atoms with Crippen LogP contribution in [0, 0.1) is 5.82 Å². The summed E-state index contributed by atoms with van der Waals surface area (Å²) in [7, 11) is 0. The number of amides is 2. The number of imide groups is 1. The van der Waals surface area contributed by atoms with Crippen molar-refractivity contribution in [2.24, 2.45) is 0 Å². The van der Waals surface area contributed by atoms with Crippen molar-refractivity contribution in [1.82, 2.24) is 5.32 Å². The first-order valence-corrected chi connectivity index (χ1v) is 5.86. The van der Waals surface area contributed by atoms with Crippen LogP contribution < -0.4 is 10.1 Å². The number of thioether (sulfide) groups is 1. The molecule has 106 valence electrons. The zero-order valence-electron chi connectivity index (χ0n) is 9.45. The lowest BCUT2D eigenvalue weighted by molar-refractivity contribution is -0.275. The fraction of sp³-hybridized carbons (Fsp3) is 0.0909. The highest BCUT2D eigenvalue weighted by atomic mass is 32.2. The second-order valence-corrected chi connectivity index (χ2v) is 4.60. The van der Waals surface area contributed by atoms with Crippen molar-refractivity contribution in [1.29, 1.82) is 0 Å². The molecule has 1 fully saturated rings. The lowest BCUT2D eigenvalue weighted by atomic mass is 10.2. The van der Waals surface area contributed by atoms with E-state index in [0.29, 0.717) is 11.8 Å². The minimum atomic E-state index is -4.99. The van der Waals surface area contributed by atoms with Gasteiger partial charge in [-0.1, -0.05) is 6.07 Å². The van der Waals surface area contributed by atoms with Crippen molar-refractivity contribution < 1.29 is 31.9 Å². The van der Waals surface area contributed by atoms with E-state index in [1.165, 1.54) is 6.08 Å². The molecule has 0 aliphatic carbocycles. The van der Waals surface area contributed by atoms with Crippen LogP contribution in [0.15, 0.2) is 23.1 Å². The van der Waals surface area contributed by atoms with Gasteiger partial charge < -0.3 is 4.74 Å². The molecule has 0 atom stereocenters. The summed E-state index contributed by atoms with van der Waals surface area (Å²) in [6.45, 7) is 0. The maximum Gasteiger partial charge on any atom is 0.573 e. The van der Waals surface area contributed by atoms with Gasteiger partial charge in [0.25, 0.3) is 11.1 Å². The van der Waals surface area contributed by atoms with E-state index in [2.05, 4.69) is 4.74 Å². The van der Waals surface area contributed by atoms with Gasteiger partial charge in [0, 0.05) is 0 Å². The molecule has 0 spiro atoms. The third-order valence-electron chi connectivity index (χ3n) is 2.12. The Morgan fingerprint density at radius 3 is 2.45 bits per heavy atom. The Labute approximate surface area is 113 Å². The monoisotopic (exact) mass is 307 g/mol. The highest BCUT2D eigenvalue weighted by Gasteiger charge is 2.32. The van der Waals surface area contributed by atoms with E-state index in [1.54, 1.807) is 0 Å². The Balaban J connectivity index is 2.24. The van der Waals surface area contributed by atoms with Gasteiger partial charge in [-0.25, -0.2) is 4.39 Å². The van der Waals surface area contributed by atoms with Gasteiger partial charge in [-0.05, 0) is 35.5 Å². The third kappa shape index (κ3) is 3.50. The van der Waals surface area contributed by atoms with Crippen LogP contribution in [-0.4, -0.2) is 17.5 Å². The van der Waals surface area contributed by atoms with Crippen LogP contribution in [0.5, 0.6) is 5.75 Å². The summed E-state index contributed by atoms with van der Waals surface area (Å²) in [4.78, 5) is 22.2. The van der Waals surface area contributed by atoms with E-state index < -0.39 is 29.1 Å². The number of benzene rings is 1. The summed E-state index contributed by atoms with van der Waals surface area (Å²) < 4.78 is 52.7. The standard InChI is InChI=1S/C11H5F4NO3S/c12-6-3-5(1-2-7(6)19-11(13,14)15)4-8-9(17)16-10(18)20-8/h1-4H,(H,16,17,18). The highest BCUT2D eigenvalue weighted by Crippen LogP contribution is 2.29. The Morgan fingerprint density at radius 1 is 1.25 bits per heavy atom. The molecule has 1 N–H and O–H groups in total. The smallest absolute Gasteiger partial charge is 0.403 e. The zero-order valence-corrected chi connectivity index (χ0v) is 10.3. The molecule has 4 nitrogen and oxygen atoms in total. The van der Waals surface area contributed by atoms with Crippen LogP contribution in [0.1, 0.15) is 5.56 Å². The number of nitrogens with one attached hydrogen (secondary N) is 1. The molecule has 1 heterocycles. The number of halogens is 4. The number of carbonyl (C=O) groups is 2. The molecular weight excluding hydrogens is 302 g/mol. The molecule has 1 aliphatic heterocycles. The largest absolute Gasteiger partial charge is 0.573 e. The van der Waals surface area contributed by atoms with E-state index in [4.69, 9.17) is 0 Å². The fourth-order valence-corrected chi connectivity index (χ4v) is 2.07. The molecule has 20 heavy (non-hydrogen) atoms. The molecule has 0 aromatic heterocycles. The second kappa shape index (κ2) is 5.16.